The summed E-state index contributed by atoms with van der Waals surface area (Å²) in [6, 6.07) is 0. The molecule has 15 atom stereocenters. The van der Waals surface area contributed by atoms with E-state index in [1.54, 1.807) is 0 Å². The predicted octanol–water partition coefficient (Wildman–Crippen LogP) is 5.57. The number of aliphatic carboxylic acids is 1. The van der Waals surface area contributed by atoms with Crippen LogP contribution in [0.1, 0.15) is 231 Å². The van der Waals surface area contributed by atoms with E-state index in [-0.39, 0.29) is 202 Å². The topological polar surface area (TPSA) is 442 Å². The van der Waals surface area contributed by atoms with Gasteiger partial charge in [-0.05, 0) is 89.9 Å². The van der Waals surface area contributed by atoms with Gasteiger partial charge in [-0.15, -0.1) is 0 Å². The lowest BCUT2D eigenvalue weighted by atomic mass is 9.82. The van der Waals surface area contributed by atoms with Gasteiger partial charge in [0.2, 0.25) is 35.4 Å². The quantitative estimate of drug-likeness (QED) is 0.0222. The second-order valence-electron chi connectivity index (χ2n) is 28.9. The average molecular weight is 1560 g/mol. The second-order valence-corrected chi connectivity index (χ2v) is 28.9. The Balaban J connectivity index is 1.56. The maximum Gasteiger partial charge on any atom is 0.303 e. The van der Waals surface area contributed by atoms with Gasteiger partial charge in [0.05, 0.1) is 0 Å². The number of rotatable bonds is 54. The fourth-order valence-corrected chi connectivity index (χ4v) is 13.0. The summed E-state index contributed by atoms with van der Waals surface area (Å²) in [6.07, 6.45) is -1.19. The van der Waals surface area contributed by atoms with Gasteiger partial charge in [-0.25, -0.2) is 0 Å². The Kier molecular flexibility index (Phi) is 46.3. The molecule has 0 aromatic heterocycles. The van der Waals surface area contributed by atoms with Crippen molar-refractivity contribution in [3.05, 3.63) is 0 Å². The van der Waals surface area contributed by atoms with Crippen molar-refractivity contribution in [3.8, 4) is 0 Å². The first-order valence-electron chi connectivity index (χ1n) is 38.8. The van der Waals surface area contributed by atoms with Crippen molar-refractivity contribution in [1.29, 1.82) is 0 Å². The van der Waals surface area contributed by atoms with Crippen LogP contribution in [0.4, 0.5) is 0 Å². The number of carbonyl (C=O) groups excluding carboxylic acids is 13. The van der Waals surface area contributed by atoms with Crippen molar-refractivity contribution in [2.45, 2.75) is 292 Å². The number of hydrogen-bond acceptors (Lipinski definition) is 26. The molecule has 0 aromatic rings. The highest BCUT2D eigenvalue weighted by atomic mass is 16.7. The molecule has 0 radical (unpaired) electrons. The van der Waals surface area contributed by atoms with Crippen molar-refractivity contribution in [2.24, 2.45) is 35.5 Å². The molecule has 3 rings (SSSR count). The first-order valence-corrected chi connectivity index (χ1v) is 38.8. The average Bonchev–Trinajstić information content (AvgIpc) is 0.818. The lowest BCUT2D eigenvalue weighted by Crippen LogP contribution is -2.53. The monoisotopic (exact) mass is 1550 g/mol. The fraction of sp³-hybridized carbons (Fsp3) is 0.816. The minimum absolute atomic E-state index is 0.00101. The van der Waals surface area contributed by atoms with Gasteiger partial charge < -0.3 is 93.8 Å². The number of hydrogen-bond donors (Lipinski definition) is 7. The summed E-state index contributed by atoms with van der Waals surface area (Å²) in [5.41, 5.74) is -1.31. The summed E-state index contributed by atoms with van der Waals surface area (Å²) in [4.78, 5) is 174. The third-order valence-electron chi connectivity index (χ3n) is 19.8. The molecule has 7 N–H and O–H groups in total. The van der Waals surface area contributed by atoms with Gasteiger partial charge in [-0.1, -0.05) is 41.5 Å². The van der Waals surface area contributed by atoms with E-state index >= 15 is 0 Å². The number of unbranched alkanes of at least 4 members (excludes halogenated alkanes) is 4. The van der Waals surface area contributed by atoms with Gasteiger partial charge in [-0.2, -0.15) is 0 Å². The number of carboxylic acids is 1. The van der Waals surface area contributed by atoms with E-state index in [4.69, 9.17) is 56.8 Å². The van der Waals surface area contributed by atoms with Crippen molar-refractivity contribution in [1.82, 2.24) is 31.9 Å². The molecule has 0 saturated carbocycles. The van der Waals surface area contributed by atoms with Gasteiger partial charge in [0, 0.05) is 193 Å². The van der Waals surface area contributed by atoms with Crippen LogP contribution < -0.4 is 31.9 Å². The molecule has 3 aliphatic heterocycles. The fourth-order valence-electron chi connectivity index (χ4n) is 13.0. The van der Waals surface area contributed by atoms with Crippen LogP contribution in [0.2, 0.25) is 0 Å². The van der Waals surface area contributed by atoms with Crippen LogP contribution in [0.15, 0.2) is 0 Å². The Bertz CT molecular complexity index is 2610. The van der Waals surface area contributed by atoms with E-state index in [0.29, 0.717) is 77.2 Å². The Morgan fingerprint density at radius 1 is 0.321 bits per heavy atom. The highest BCUT2D eigenvalue weighted by molar-refractivity contribution is 5.81. The Morgan fingerprint density at radius 3 is 0.908 bits per heavy atom. The van der Waals surface area contributed by atoms with E-state index < -0.39 is 121 Å². The van der Waals surface area contributed by atoms with Crippen molar-refractivity contribution < 1.29 is 129 Å². The van der Waals surface area contributed by atoms with Crippen LogP contribution >= 0.6 is 0 Å². The van der Waals surface area contributed by atoms with Gasteiger partial charge in [0.1, 0.15) is 62.2 Å². The molecule has 3 heterocycles. The summed E-state index contributed by atoms with van der Waals surface area (Å²) in [5, 5.41) is 26.6. The Labute approximate surface area is 641 Å². The third-order valence-corrected chi connectivity index (χ3v) is 19.8. The second kappa shape index (κ2) is 52.7. The first-order chi connectivity index (χ1) is 51.7. The summed E-state index contributed by atoms with van der Waals surface area (Å²) < 4.78 is 68.4. The highest BCUT2D eigenvalue weighted by Crippen LogP contribution is 2.37. The molecule has 109 heavy (non-hydrogen) atoms. The maximum absolute atomic E-state index is 13.7. The molecule has 33 heteroatoms. The normalized spacial score (nSPS) is 24.3. The minimum atomic E-state index is -1.31. The number of esters is 6. The van der Waals surface area contributed by atoms with Crippen molar-refractivity contribution >= 4 is 83.0 Å². The van der Waals surface area contributed by atoms with E-state index in [0.717, 1.165) is 0 Å². The van der Waals surface area contributed by atoms with Crippen LogP contribution in [0.5, 0.6) is 0 Å². The van der Waals surface area contributed by atoms with E-state index in [9.17, 15) is 72.2 Å². The van der Waals surface area contributed by atoms with E-state index in [2.05, 4.69) is 31.9 Å². The Morgan fingerprint density at radius 2 is 0.606 bits per heavy atom. The molecule has 3 aliphatic rings. The standard InChI is InChI=1S/C76H126N6O27/c1-47-50(4)73(107-60(44-101-53(7)83)70(47)104-56(10)86)98-41-18-14-25-59(89)24-13-17-36-77-65(92)30-33-76(82-68(95)28-21-29-69(96)97,34-31-66(93)80-39-22-37-78-63(90)26-15-19-42-99-74-51(5)48(2)71(105-57(11)87)61(108-74)45-102-54(8)84)35-32-67(94)81-40-23-38-79-64(91)27-16-20-43-100-75-52(6)49(3)72(106-58(12)88)62(109-75)46-103-55(9)85/h47-52,60-62,70-75H,13-46H2,1-12H3,(H,77,92)(H,78,90)(H,79,91)(H,80,93)(H,81,94)(H,82,95)(H,96,97). The first kappa shape index (κ1) is 95.7. The van der Waals surface area contributed by atoms with Crippen LogP contribution in [-0.2, 0) is 124 Å². The highest BCUT2D eigenvalue weighted by Gasteiger charge is 2.47. The number of ether oxygens (including phenoxy) is 12. The molecule has 0 aliphatic carbocycles. The zero-order chi connectivity index (χ0) is 81.0. The molecule has 33 nitrogen and oxygen atoms in total. The van der Waals surface area contributed by atoms with Crippen LogP contribution in [0, 0.1) is 35.5 Å². The third kappa shape index (κ3) is 39.8. The zero-order valence-electron chi connectivity index (χ0n) is 66.3. The van der Waals surface area contributed by atoms with Gasteiger partial charge >= 0.3 is 41.8 Å². The van der Waals surface area contributed by atoms with Gasteiger partial charge in [0.15, 0.2) is 18.9 Å². The largest absolute Gasteiger partial charge is 0.481 e. The summed E-state index contributed by atoms with van der Waals surface area (Å²) in [7, 11) is 0. The minimum Gasteiger partial charge on any atom is -0.481 e. The summed E-state index contributed by atoms with van der Waals surface area (Å²) in [6.45, 7) is 20.7. The lowest BCUT2D eigenvalue weighted by Gasteiger charge is -2.43. The van der Waals surface area contributed by atoms with E-state index in [1.165, 1.54) is 41.5 Å². The molecular weight excluding hydrogens is 1430 g/mol. The molecular formula is C76H126N6O27. The predicted molar refractivity (Wildman–Crippen MR) is 390 cm³/mol. The van der Waals surface area contributed by atoms with Gasteiger partial charge in [0.25, 0.3) is 0 Å². The Hall–Kier alpha value is -7.46. The number of carboxylic acid groups (broad SMARTS) is 1. The van der Waals surface area contributed by atoms with Gasteiger partial charge in [-0.3, -0.25) is 67.1 Å². The lowest BCUT2D eigenvalue weighted by molar-refractivity contribution is -0.273. The van der Waals surface area contributed by atoms with Crippen molar-refractivity contribution in [2.75, 3.05) is 72.4 Å². The molecule has 0 spiro atoms. The number of carbonyl (C=O) groups is 14. The van der Waals surface area contributed by atoms with Crippen LogP contribution in [0.25, 0.3) is 0 Å². The molecule has 6 amide bonds. The number of Topliss-reactive ketones (excluding diaryl/α,β-unsaturated/α-hetero) is 1. The smallest absolute Gasteiger partial charge is 0.303 e. The molecule has 15 unspecified atom stereocenters. The number of ketones is 1. The van der Waals surface area contributed by atoms with Crippen LogP contribution in [-0.4, -0.2) is 222 Å². The molecule has 622 valence electrons. The number of nitrogens with one attached hydrogen (secondary N) is 6. The molecule has 3 fully saturated rings. The van der Waals surface area contributed by atoms with Crippen LogP contribution in [0.3, 0.4) is 0 Å². The molecule has 0 aromatic carbocycles. The summed E-state index contributed by atoms with van der Waals surface area (Å²) >= 11 is 0. The number of amides is 6. The molecule has 3 saturated heterocycles. The van der Waals surface area contributed by atoms with Crippen molar-refractivity contribution in [3.63, 3.8) is 0 Å². The molecule has 0 bridgehead atoms. The maximum atomic E-state index is 13.7. The summed E-state index contributed by atoms with van der Waals surface area (Å²) in [5.74, 6) is -7.20. The SMILES string of the molecule is CC(=O)OCC1OC(OCCCCC(=O)CCCCNC(=O)CCC(CCC(=O)NCCCNC(=O)CCCCOC2OC(COC(C)=O)C(OC(C)=O)C(C)C2C)(CCC(=O)NCCCNC(=O)CCCCOC2OC(COC(C)=O)C(OC(C)=O)C(C)C2C)NC(=O)CCCC(=O)O)C(C)C(C)C1OC(C)=O. The van der Waals surface area contributed by atoms with E-state index in [1.807, 2.05) is 41.5 Å². The zero-order valence-corrected chi connectivity index (χ0v) is 66.3.